The average Bonchev–Trinajstić information content (AvgIpc) is 1.54. The number of hydrogen-bond donors (Lipinski definition) is 0. The van der Waals surface area contributed by atoms with Crippen molar-refractivity contribution in [3.8, 4) is 85.9 Å². The molecule has 4 aromatic heterocycles. The maximum Gasteiger partial charge on any atom is 0.247 e. The molecule has 0 radical (unpaired) electrons. The van der Waals surface area contributed by atoms with Crippen LogP contribution in [0.4, 0.5) is 0 Å². The number of benzene rings is 3. The molecule has 0 N–H and O–H groups in total. The number of aromatic nitrogens is 9. The van der Waals surface area contributed by atoms with E-state index in [4.69, 9.17) is 73.2 Å². The normalized spacial score (nSPS) is 11.7. The zero-order valence-corrected chi connectivity index (χ0v) is 73.7. The smallest absolute Gasteiger partial charge is 0.247 e. The highest BCUT2D eigenvalue weighted by Crippen LogP contribution is 2.47. The second-order valence-corrected chi connectivity index (χ2v) is 32.4. The molecule has 0 saturated heterocycles. The molecule has 114 heavy (non-hydrogen) atoms. The first-order valence-electron chi connectivity index (χ1n) is 47.5. The fourth-order valence-electron chi connectivity index (χ4n) is 15.1. The fraction of sp³-hybridized carbons (Fsp3) is 0.750. The molecule has 0 amide bonds. The Morgan fingerprint density at radius 3 is 0.474 bits per heavy atom. The number of ether oxygens (including phenoxy) is 9. The molecular weight excluding hydrogens is 1420 g/mol. The van der Waals surface area contributed by atoms with E-state index in [9.17, 15) is 0 Å². The summed E-state index contributed by atoms with van der Waals surface area (Å²) in [5.74, 6) is 8.37. The van der Waals surface area contributed by atoms with E-state index in [0.717, 1.165) is 132 Å². The molecular formula is C96H159N9O9. The zero-order chi connectivity index (χ0) is 80.5. The van der Waals surface area contributed by atoms with Crippen molar-refractivity contribution in [2.75, 3.05) is 59.5 Å². The second-order valence-electron chi connectivity index (χ2n) is 32.4. The van der Waals surface area contributed by atoms with Crippen LogP contribution in [0.25, 0.3) is 51.5 Å². The lowest BCUT2D eigenvalue weighted by atomic mass is 10.1. The van der Waals surface area contributed by atoms with Gasteiger partial charge in [0.15, 0.2) is 52.0 Å². The maximum absolute atomic E-state index is 7.01. The number of nitrogens with zero attached hydrogens (tertiary/aromatic N) is 9. The van der Waals surface area contributed by atoms with E-state index in [1.807, 2.05) is 13.2 Å². The summed E-state index contributed by atoms with van der Waals surface area (Å²) in [6.07, 6.45) is 61.6. The highest BCUT2D eigenvalue weighted by molar-refractivity contribution is 5.76. The average molecular weight is 1580 g/mol. The Bertz CT molecular complexity index is 3090. The van der Waals surface area contributed by atoms with Crippen LogP contribution in [0.5, 0.6) is 51.7 Å². The van der Waals surface area contributed by atoms with Gasteiger partial charge in [-0.3, -0.25) is 0 Å². The molecule has 7 rings (SSSR count). The quantitative estimate of drug-likeness (QED) is 0.0329. The van der Waals surface area contributed by atoms with E-state index in [1.54, 1.807) is 0 Å². The fourth-order valence-corrected chi connectivity index (χ4v) is 15.1. The highest BCUT2D eigenvalue weighted by atomic mass is 16.6. The van der Waals surface area contributed by atoms with Gasteiger partial charge in [-0.25, -0.2) is 13.2 Å². The van der Waals surface area contributed by atoms with Gasteiger partial charge in [0.25, 0.3) is 0 Å². The number of fused-ring (bicyclic) bond motifs is 6. The zero-order valence-electron chi connectivity index (χ0n) is 73.7. The van der Waals surface area contributed by atoms with Crippen molar-refractivity contribution < 1.29 is 42.6 Å². The van der Waals surface area contributed by atoms with Crippen LogP contribution in [0.2, 0.25) is 0 Å². The largest absolute Gasteiger partial charge is 0.490 e. The topological polar surface area (TPSA) is 174 Å². The van der Waals surface area contributed by atoms with Crippen LogP contribution in [0, 0.1) is 0 Å². The third-order valence-electron chi connectivity index (χ3n) is 22.1. The van der Waals surface area contributed by atoms with Crippen LogP contribution in [-0.2, 0) is 0 Å². The van der Waals surface area contributed by atoms with Gasteiger partial charge in [-0.1, -0.05) is 351 Å². The third kappa shape index (κ3) is 33.3. The molecule has 18 heteroatoms. The summed E-state index contributed by atoms with van der Waals surface area (Å²) in [5.41, 5.74) is 2.16. The van der Waals surface area contributed by atoms with Crippen molar-refractivity contribution in [3.63, 3.8) is 0 Å². The second kappa shape index (κ2) is 59.9. The summed E-state index contributed by atoms with van der Waals surface area (Å²) in [6, 6.07) is 12.4. The lowest BCUT2D eigenvalue weighted by Gasteiger charge is -2.19. The molecule has 0 atom stereocenters. The molecule has 0 saturated carbocycles. The van der Waals surface area contributed by atoms with Crippen molar-refractivity contribution >= 4 is 17.3 Å². The van der Waals surface area contributed by atoms with Gasteiger partial charge in [0.2, 0.25) is 34.6 Å². The Morgan fingerprint density at radius 1 is 0.175 bits per heavy atom. The minimum atomic E-state index is 0.427. The first-order valence-corrected chi connectivity index (χ1v) is 47.5. The standard InChI is InChI=1S/C96H159N9O9/c1-10-19-28-37-46-55-64-106-82-73-79(74-83(107-65-56-47-38-29-20-11-2)88(82)112-70-61-52-43-34-25-16-7)91-97-100-94-103(91)95-101-98-92(80-75-84(108-66-57-48-39-30-21-12-3)89(113-71-62-53-44-35-26-17-8)85(76-80)109-67-58-49-40-31-22-13-4)105(95)96-102-99-93(104(94)96)81-77-86(110-68-59-50-41-32-23-14-5)90(114-72-63-54-45-36-27-18-9)87(78-81)111-69-60-51-42-33-24-15-6/h73-78H,10-72H2,1-9H3. The minimum absolute atomic E-state index is 0.427. The summed E-state index contributed by atoms with van der Waals surface area (Å²) in [5, 5.41) is 31.3. The van der Waals surface area contributed by atoms with E-state index in [-0.39, 0.29) is 0 Å². The summed E-state index contributed by atoms with van der Waals surface area (Å²) in [7, 11) is 0. The van der Waals surface area contributed by atoms with E-state index in [2.05, 4.69) is 98.7 Å². The van der Waals surface area contributed by atoms with Gasteiger partial charge in [-0.15, -0.1) is 30.6 Å². The molecule has 0 spiro atoms. The number of unbranched alkanes of at least 4 members (excludes halogenated alkanes) is 45. The predicted molar refractivity (Wildman–Crippen MR) is 472 cm³/mol. The molecule has 18 nitrogen and oxygen atoms in total. The van der Waals surface area contributed by atoms with Crippen LogP contribution in [-0.4, -0.2) is 103 Å². The molecule has 0 aliphatic heterocycles. The molecule has 7 aromatic rings. The number of hydrogen-bond acceptors (Lipinski definition) is 15. The highest BCUT2D eigenvalue weighted by Gasteiger charge is 2.30. The molecule has 0 fully saturated rings. The molecule has 4 heterocycles. The molecule has 3 aromatic carbocycles. The maximum atomic E-state index is 7.01. The Kier molecular flexibility index (Phi) is 49.6. The summed E-state index contributed by atoms with van der Waals surface area (Å²) >= 11 is 0. The summed E-state index contributed by atoms with van der Waals surface area (Å²) in [6.45, 7) is 25.2. The molecule has 0 bridgehead atoms. The Morgan fingerprint density at radius 2 is 0.316 bits per heavy atom. The summed E-state index contributed by atoms with van der Waals surface area (Å²) < 4.78 is 68.8. The van der Waals surface area contributed by atoms with E-state index in [1.165, 1.54) is 231 Å². The van der Waals surface area contributed by atoms with Crippen LogP contribution in [0.3, 0.4) is 0 Å². The third-order valence-corrected chi connectivity index (χ3v) is 22.1. The van der Waals surface area contributed by atoms with E-state index < -0.39 is 0 Å². The van der Waals surface area contributed by atoms with Crippen molar-refractivity contribution in [1.82, 2.24) is 43.8 Å². The molecule has 0 unspecified atom stereocenters. The Balaban J connectivity index is 1.51. The number of rotatable bonds is 75. The van der Waals surface area contributed by atoms with Gasteiger partial charge >= 0.3 is 0 Å². The first-order chi connectivity index (χ1) is 56.4. The van der Waals surface area contributed by atoms with Crippen LogP contribution in [0.1, 0.15) is 409 Å². The van der Waals surface area contributed by atoms with Gasteiger partial charge in [0.05, 0.1) is 59.5 Å². The molecule has 642 valence electrons. The van der Waals surface area contributed by atoms with Crippen molar-refractivity contribution in [2.24, 2.45) is 0 Å². The summed E-state index contributed by atoms with van der Waals surface area (Å²) in [4.78, 5) is 0. The van der Waals surface area contributed by atoms with Gasteiger partial charge < -0.3 is 42.6 Å². The predicted octanol–water partition coefficient (Wildman–Crippen LogP) is 28.5. The van der Waals surface area contributed by atoms with Crippen molar-refractivity contribution in [3.05, 3.63) is 36.4 Å². The van der Waals surface area contributed by atoms with E-state index in [0.29, 0.717) is 146 Å². The van der Waals surface area contributed by atoms with Gasteiger partial charge in [-0.2, -0.15) is 0 Å². The van der Waals surface area contributed by atoms with Crippen LogP contribution < -0.4 is 42.6 Å². The Hall–Kier alpha value is -6.72. The lowest BCUT2D eigenvalue weighted by Crippen LogP contribution is -2.09. The first kappa shape index (κ1) is 94.4. The monoisotopic (exact) mass is 1580 g/mol. The molecule has 0 aliphatic carbocycles. The van der Waals surface area contributed by atoms with Crippen LogP contribution in [0.15, 0.2) is 36.4 Å². The SMILES string of the molecule is CCCCCCCCOc1cc(-c2nnc3n2c2nnc(-c4cc(OCCCCCCCC)c(OCCCCCCCC)c(OCCCCCCCC)c4)n2c2nnc(-c4cc(OCCCCCCCC)c(OCCCCCCCC)c(OCCCCCCCC)c4)n32)cc(OCCCCCCCC)c1OCCCCCCCC. The van der Waals surface area contributed by atoms with Crippen LogP contribution >= 0.6 is 0 Å². The van der Waals surface area contributed by atoms with E-state index >= 15 is 0 Å². The van der Waals surface area contributed by atoms with Gasteiger partial charge in [0.1, 0.15) is 0 Å². The van der Waals surface area contributed by atoms with Crippen molar-refractivity contribution in [1.29, 1.82) is 0 Å². The van der Waals surface area contributed by atoms with Gasteiger partial charge in [0, 0.05) is 16.7 Å². The Labute approximate surface area is 690 Å². The van der Waals surface area contributed by atoms with Gasteiger partial charge in [-0.05, 0) is 94.2 Å². The molecule has 0 aliphatic rings. The van der Waals surface area contributed by atoms with Crippen molar-refractivity contribution in [2.45, 2.75) is 409 Å². The minimum Gasteiger partial charge on any atom is -0.490 e. The lowest BCUT2D eigenvalue weighted by molar-refractivity contribution is 0.234.